The fourth-order valence-electron chi connectivity index (χ4n) is 1.83. The molecule has 0 unspecified atom stereocenters. The van der Waals surface area contributed by atoms with Crippen LogP contribution in [-0.4, -0.2) is 20.1 Å². The Morgan fingerprint density at radius 1 is 1.53 bits per heavy atom. The van der Waals surface area contributed by atoms with Crippen LogP contribution in [0.1, 0.15) is 35.4 Å². The summed E-state index contributed by atoms with van der Waals surface area (Å²) in [5, 5.41) is 0. The smallest absolute Gasteiger partial charge is 0.268 e. The first-order chi connectivity index (χ1) is 7.98. The third-order valence-corrected chi connectivity index (χ3v) is 4.44. The molecule has 1 saturated carbocycles. The van der Waals surface area contributed by atoms with E-state index in [9.17, 15) is 13.2 Å². The van der Waals surface area contributed by atoms with Crippen LogP contribution in [0.3, 0.4) is 0 Å². The van der Waals surface area contributed by atoms with Gasteiger partial charge in [-0.1, -0.05) is 6.42 Å². The van der Waals surface area contributed by atoms with Crippen molar-refractivity contribution >= 4 is 15.9 Å². The zero-order valence-corrected chi connectivity index (χ0v) is 10.4. The Morgan fingerprint density at radius 3 is 2.71 bits per heavy atom. The van der Waals surface area contributed by atoms with Crippen molar-refractivity contribution in [1.82, 2.24) is 4.72 Å². The minimum absolute atomic E-state index is 0.0373. The molecule has 17 heavy (non-hydrogen) atoms. The molecule has 0 bridgehead atoms. The molecule has 1 aliphatic rings. The molecule has 1 heterocycles. The number of hydrogen-bond acceptors (Lipinski definition) is 4. The topological polar surface area (TPSA) is 76.4 Å². The van der Waals surface area contributed by atoms with Gasteiger partial charge in [0.25, 0.3) is 5.91 Å². The van der Waals surface area contributed by atoms with E-state index in [1.807, 2.05) is 0 Å². The summed E-state index contributed by atoms with van der Waals surface area (Å²) in [4.78, 5) is 11.7. The quantitative estimate of drug-likeness (QED) is 0.885. The van der Waals surface area contributed by atoms with Gasteiger partial charge in [0.1, 0.15) is 5.76 Å². The highest BCUT2D eigenvalue weighted by atomic mass is 32.2. The van der Waals surface area contributed by atoms with Gasteiger partial charge < -0.3 is 4.42 Å². The lowest BCUT2D eigenvalue weighted by atomic mass is 9.87. The first kappa shape index (κ1) is 12.2. The van der Waals surface area contributed by atoms with Crippen molar-refractivity contribution in [2.75, 3.05) is 5.75 Å². The average Bonchev–Trinajstić information content (AvgIpc) is 2.58. The SMILES string of the molecule is Cc1occc1C(=O)NS(=O)(=O)CC1CCC1. The molecule has 5 nitrogen and oxygen atoms in total. The minimum atomic E-state index is -3.52. The monoisotopic (exact) mass is 257 g/mol. The summed E-state index contributed by atoms with van der Waals surface area (Å²) >= 11 is 0. The van der Waals surface area contributed by atoms with Crippen LogP contribution in [0.2, 0.25) is 0 Å². The second-order valence-electron chi connectivity index (χ2n) is 4.40. The number of sulfonamides is 1. The van der Waals surface area contributed by atoms with Crippen LogP contribution >= 0.6 is 0 Å². The van der Waals surface area contributed by atoms with Crippen LogP contribution < -0.4 is 4.72 Å². The molecule has 6 heteroatoms. The van der Waals surface area contributed by atoms with E-state index < -0.39 is 15.9 Å². The van der Waals surface area contributed by atoms with Gasteiger partial charge in [0.15, 0.2) is 0 Å². The Morgan fingerprint density at radius 2 is 2.24 bits per heavy atom. The molecule has 0 spiro atoms. The molecule has 2 rings (SSSR count). The van der Waals surface area contributed by atoms with Crippen LogP contribution in [0.15, 0.2) is 16.7 Å². The molecule has 0 radical (unpaired) electrons. The maximum absolute atomic E-state index is 11.7. The summed E-state index contributed by atoms with van der Waals surface area (Å²) in [5.74, 6) is 0.0398. The van der Waals surface area contributed by atoms with Gasteiger partial charge >= 0.3 is 0 Å². The maximum atomic E-state index is 11.7. The van der Waals surface area contributed by atoms with Crippen LogP contribution in [0.25, 0.3) is 0 Å². The zero-order chi connectivity index (χ0) is 12.5. The summed E-state index contributed by atoms with van der Waals surface area (Å²) in [6.07, 6.45) is 4.30. The predicted octanol–water partition coefficient (Wildman–Crippen LogP) is 1.45. The lowest BCUT2D eigenvalue weighted by Gasteiger charge is -2.24. The van der Waals surface area contributed by atoms with Crippen molar-refractivity contribution in [3.63, 3.8) is 0 Å². The van der Waals surface area contributed by atoms with Crippen LogP contribution in [-0.2, 0) is 10.0 Å². The molecule has 1 fully saturated rings. The first-order valence-electron chi connectivity index (χ1n) is 5.57. The molecule has 1 aliphatic carbocycles. The number of hydrogen-bond donors (Lipinski definition) is 1. The Labute approximate surface area is 100 Å². The molecule has 0 aliphatic heterocycles. The van der Waals surface area contributed by atoms with E-state index in [2.05, 4.69) is 4.72 Å². The predicted molar refractivity (Wildman–Crippen MR) is 62.0 cm³/mol. The third kappa shape index (κ3) is 2.88. The van der Waals surface area contributed by atoms with Gasteiger partial charge in [-0.2, -0.15) is 0 Å². The number of furan rings is 1. The second-order valence-corrected chi connectivity index (χ2v) is 6.17. The van der Waals surface area contributed by atoms with Gasteiger partial charge in [0, 0.05) is 0 Å². The van der Waals surface area contributed by atoms with Gasteiger partial charge in [0.2, 0.25) is 10.0 Å². The summed E-state index contributed by atoms with van der Waals surface area (Å²) < 4.78 is 30.4. The standard InChI is InChI=1S/C11H15NO4S/c1-8-10(5-6-16-8)11(13)12-17(14,15)7-9-3-2-4-9/h5-6,9H,2-4,7H2,1H3,(H,12,13). The molecule has 0 saturated heterocycles. The van der Waals surface area contributed by atoms with Crippen LogP contribution in [0, 0.1) is 12.8 Å². The number of rotatable bonds is 4. The van der Waals surface area contributed by atoms with Gasteiger partial charge in [0.05, 0.1) is 17.6 Å². The third-order valence-electron chi connectivity index (χ3n) is 3.03. The second kappa shape index (κ2) is 4.52. The van der Waals surface area contributed by atoms with Crippen LogP contribution in [0.5, 0.6) is 0 Å². The van der Waals surface area contributed by atoms with Crippen molar-refractivity contribution < 1.29 is 17.6 Å². The fourth-order valence-corrected chi connectivity index (χ4v) is 3.26. The summed E-state index contributed by atoms with van der Waals surface area (Å²) in [6, 6.07) is 1.46. The lowest BCUT2D eigenvalue weighted by Crippen LogP contribution is -2.36. The van der Waals surface area contributed by atoms with E-state index >= 15 is 0 Å². The number of nitrogens with one attached hydrogen (secondary N) is 1. The Kier molecular flexibility index (Phi) is 3.24. The number of carbonyl (C=O) groups is 1. The molecule has 94 valence electrons. The summed E-state index contributed by atoms with van der Waals surface area (Å²) in [7, 11) is -3.52. The molecular weight excluding hydrogens is 242 g/mol. The zero-order valence-electron chi connectivity index (χ0n) is 9.60. The van der Waals surface area contributed by atoms with E-state index in [1.165, 1.54) is 12.3 Å². The lowest BCUT2D eigenvalue weighted by molar-refractivity contribution is 0.0979. The van der Waals surface area contributed by atoms with Gasteiger partial charge in [-0.3, -0.25) is 4.79 Å². The van der Waals surface area contributed by atoms with Crippen molar-refractivity contribution in [1.29, 1.82) is 0 Å². The van der Waals surface area contributed by atoms with Crippen molar-refractivity contribution in [3.05, 3.63) is 23.7 Å². The first-order valence-corrected chi connectivity index (χ1v) is 7.22. The molecule has 0 atom stereocenters. The number of aryl methyl sites for hydroxylation is 1. The van der Waals surface area contributed by atoms with E-state index in [0.717, 1.165) is 19.3 Å². The molecule has 1 aromatic heterocycles. The maximum Gasteiger partial charge on any atom is 0.268 e. The van der Waals surface area contributed by atoms with Crippen LogP contribution in [0.4, 0.5) is 0 Å². The fraction of sp³-hybridized carbons (Fsp3) is 0.545. The molecule has 1 amide bonds. The van der Waals surface area contributed by atoms with E-state index in [1.54, 1.807) is 6.92 Å². The summed E-state index contributed by atoms with van der Waals surface area (Å²) in [5.41, 5.74) is 0.266. The Balaban J connectivity index is 2.00. The highest BCUT2D eigenvalue weighted by Gasteiger charge is 2.26. The molecular formula is C11H15NO4S. The van der Waals surface area contributed by atoms with Gasteiger partial charge in [-0.15, -0.1) is 0 Å². The van der Waals surface area contributed by atoms with Crippen molar-refractivity contribution in [3.8, 4) is 0 Å². The Bertz CT molecular complexity index is 513. The average molecular weight is 257 g/mol. The van der Waals surface area contributed by atoms with E-state index in [4.69, 9.17) is 4.42 Å². The molecule has 0 aromatic carbocycles. The number of amides is 1. The normalized spacial score (nSPS) is 16.5. The summed E-state index contributed by atoms with van der Waals surface area (Å²) in [6.45, 7) is 1.62. The highest BCUT2D eigenvalue weighted by Crippen LogP contribution is 2.27. The minimum Gasteiger partial charge on any atom is -0.469 e. The van der Waals surface area contributed by atoms with E-state index in [0.29, 0.717) is 5.76 Å². The molecule has 1 N–H and O–H groups in total. The highest BCUT2D eigenvalue weighted by molar-refractivity contribution is 7.90. The van der Waals surface area contributed by atoms with Crippen molar-refractivity contribution in [2.24, 2.45) is 5.92 Å². The largest absolute Gasteiger partial charge is 0.469 e. The Hall–Kier alpha value is -1.30. The van der Waals surface area contributed by atoms with Gasteiger partial charge in [-0.25, -0.2) is 13.1 Å². The molecule has 1 aromatic rings. The van der Waals surface area contributed by atoms with E-state index in [-0.39, 0.29) is 17.2 Å². The number of carbonyl (C=O) groups excluding carboxylic acids is 1. The van der Waals surface area contributed by atoms with Crippen molar-refractivity contribution in [2.45, 2.75) is 26.2 Å². The van der Waals surface area contributed by atoms with Gasteiger partial charge in [-0.05, 0) is 31.7 Å².